The number of thiocarbonyl (C=S) groups is 1. The molecule has 0 saturated carbocycles. The van der Waals surface area contributed by atoms with Crippen LogP contribution in [0.4, 0.5) is 4.39 Å². The van der Waals surface area contributed by atoms with Crippen molar-refractivity contribution in [2.24, 2.45) is 5.73 Å². The molecule has 0 saturated heterocycles. The highest BCUT2D eigenvalue weighted by atomic mass is 32.2. The number of carbonyl (C=O) groups excluding carboxylic acids is 2. The number of hydrogen-bond acceptors (Lipinski definition) is 9. The number of rotatable bonds is 13. The topological polar surface area (TPSA) is 140 Å². The van der Waals surface area contributed by atoms with Crippen molar-refractivity contribution in [2.45, 2.75) is 24.2 Å². The third kappa shape index (κ3) is 8.23. The van der Waals surface area contributed by atoms with Gasteiger partial charge in [-0.25, -0.2) is 13.9 Å². The molecular formula is C30H27FN4O6S2. The molecule has 0 atom stereocenters. The van der Waals surface area contributed by atoms with Gasteiger partial charge in [0.1, 0.15) is 22.1 Å². The van der Waals surface area contributed by atoms with E-state index in [2.05, 4.69) is 5.10 Å². The van der Waals surface area contributed by atoms with E-state index < -0.39 is 29.1 Å². The van der Waals surface area contributed by atoms with Crippen molar-refractivity contribution in [3.8, 4) is 22.7 Å². The van der Waals surface area contributed by atoms with Gasteiger partial charge in [-0.3, -0.25) is 14.9 Å². The minimum Gasteiger partial charge on any atom is -0.462 e. The fraction of sp³-hybridized carbons (Fsp3) is 0.200. The molecule has 10 nitrogen and oxygen atoms in total. The molecule has 0 bridgehead atoms. The Labute approximate surface area is 256 Å². The average Bonchev–Trinajstić information content (AvgIpc) is 3.36. The molecule has 43 heavy (non-hydrogen) atoms. The van der Waals surface area contributed by atoms with Gasteiger partial charge in [-0.15, -0.1) is 11.8 Å². The third-order valence-corrected chi connectivity index (χ3v) is 7.21. The molecule has 2 N–H and O–H groups in total. The largest absolute Gasteiger partial charge is 0.462 e. The van der Waals surface area contributed by atoms with Crippen molar-refractivity contribution in [3.05, 3.63) is 106 Å². The van der Waals surface area contributed by atoms with Crippen LogP contribution in [0.2, 0.25) is 0 Å². The van der Waals surface area contributed by atoms with Gasteiger partial charge in [0.2, 0.25) is 6.54 Å². The number of thioether (sulfide) groups is 1. The minimum atomic E-state index is -0.781. The maximum atomic E-state index is 14.3. The average molecular weight is 623 g/mol. The molecule has 4 aromatic rings. The van der Waals surface area contributed by atoms with E-state index in [1.807, 2.05) is 18.4 Å². The number of esters is 2. The number of unbranched alkanes of at least 4 members (excludes halogenated alkanes) is 1. The molecule has 0 aliphatic carbocycles. The molecule has 1 heterocycles. The Balaban J connectivity index is 1.74. The van der Waals surface area contributed by atoms with Gasteiger partial charge in [0.15, 0.2) is 0 Å². The summed E-state index contributed by atoms with van der Waals surface area (Å²) in [5.41, 5.74) is 7.45. The van der Waals surface area contributed by atoms with Crippen LogP contribution < -0.4 is 10.5 Å². The Morgan fingerprint density at radius 3 is 2.44 bits per heavy atom. The van der Waals surface area contributed by atoms with E-state index in [1.165, 1.54) is 46.8 Å². The number of nitro groups is 1. The second-order valence-electron chi connectivity index (χ2n) is 9.23. The zero-order chi connectivity index (χ0) is 30.9. The van der Waals surface area contributed by atoms with E-state index in [1.54, 1.807) is 30.3 Å². The van der Waals surface area contributed by atoms with Crippen LogP contribution in [0.1, 0.15) is 34.5 Å². The normalized spacial score (nSPS) is 10.7. The van der Waals surface area contributed by atoms with Crippen LogP contribution in [0.3, 0.4) is 0 Å². The van der Waals surface area contributed by atoms with Crippen LogP contribution in [0, 0.1) is 15.9 Å². The molecule has 3 aromatic carbocycles. The smallest absolute Gasteiger partial charge is 0.342 e. The summed E-state index contributed by atoms with van der Waals surface area (Å²) in [5, 5.41) is 15.2. The minimum absolute atomic E-state index is 0.00350. The lowest BCUT2D eigenvalue weighted by molar-refractivity contribution is -0.480. The van der Waals surface area contributed by atoms with Crippen LogP contribution in [0.15, 0.2) is 77.7 Å². The summed E-state index contributed by atoms with van der Waals surface area (Å²) in [6, 6.07) is 19.3. The maximum absolute atomic E-state index is 14.3. The highest BCUT2D eigenvalue weighted by Gasteiger charge is 2.29. The van der Waals surface area contributed by atoms with Gasteiger partial charge in [0, 0.05) is 27.4 Å². The van der Waals surface area contributed by atoms with Crippen LogP contribution in [0.5, 0.6) is 5.75 Å². The van der Waals surface area contributed by atoms with Crippen molar-refractivity contribution in [1.82, 2.24) is 9.78 Å². The maximum Gasteiger partial charge on any atom is 0.342 e. The van der Waals surface area contributed by atoms with Gasteiger partial charge in [0.25, 0.3) is 0 Å². The lowest BCUT2D eigenvalue weighted by Gasteiger charge is -2.11. The molecular weight excluding hydrogens is 595 g/mol. The lowest BCUT2D eigenvalue weighted by Crippen LogP contribution is -2.16. The zero-order valence-electron chi connectivity index (χ0n) is 23.0. The molecule has 0 amide bonds. The summed E-state index contributed by atoms with van der Waals surface area (Å²) < 4.78 is 26.7. The van der Waals surface area contributed by atoms with Gasteiger partial charge in [-0.1, -0.05) is 30.4 Å². The molecule has 1 aromatic heterocycles. The van der Waals surface area contributed by atoms with E-state index in [-0.39, 0.29) is 53.7 Å². The van der Waals surface area contributed by atoms with Crippen LogP contribution in [-0.2, 0) is 16.0 Å². The fourth-order valence-corrected chi connectivity index (χ4v) is 4.73. The monoisotopic (exact) mass is 622 g/mol. The molecule has 13 heteroatoms. The van der Waals surface area contributed by atoms with E-state index >= 15 is 0 Å². The second kappa shape index (κ2) is 14.5. The van der Waals surface area contributed by atoms with E-state index in [0.717, 1.165) is 4.90 Å². The molecule has 0 fully saturated rings. The molecule has 0 unspecified atom stereocenters. The van der Waals surface area contributed by atoms with Gasteiger partial charge in [0.05, 0.1) is 30.1 Å². The number of ether oxygens (including phenoxy) is 2. The van der Waals surface area contributed by atoms with Crippen LogP contribution in [-0.4, -0.2) is 51.0 Å². The quantitative estimate of drug-likeness (QED) is 0.0392. The zero-order valence-corrected chi connectivity index (χ0v) is 24.7. The molecule has 0 radical (unpaired) electrons. The van der Waals surface area contributed by atoms with E-state index in [0.29, 0.717) is 16.8 Å². The van der Waals surface area contributed by atoms with Crippen molar-refractivity contribution in [1.29, 1.82) is 0 Å². The van der Waals surface area contributed by atoms with Crippen LogP contribution >= 0.6 is 24.0 Å². The highest BCUT2D eigenvalue weighted by Crippen LogP contribution is 2.32. The molecule has 222 valence electrons. The molecule has 0 spiro atoms. The summed E-state index contributed by atoms with van der Waals surface area (Å²) in [7, 11) is 0. The summed E-state index contributed by atoms with van der Waals surface area (Å²) in [6.07, 6.45) is 2.00. The molecule has 0 aliphatic heterocycles. The summed E-state index contributed by atoms with van der Waals surface area (Å²) in [6.45, 7) is -0.334. The summed E-state index contributed by atoms with van der Waals surface area (Å²) in [4.78, 5) is 38.0. The first-order valence-electron chi connectivity index (χ1n) is 13.1. The van der Waals surface area contributed by atoms with E-state index in [4.69, 9.17) is 27.4 Å². The first-order valence-corrected chi connectivity index (χ1v) is 14.7. The van der Waals surface area contributed by atoms with E-state index in [9.17, 15) is 24.1 Å². The van der Waals surface area contributed by atoms with Crippen molar-refractivity contribution >= 4 is 40.9 Å². The number of carbonyl (C=O) groups is 2. The number of nitrogens with two attached hydrogens (primary N) is 1. The Kier molecular flexibility index (Phi) is 10.6. The Morgan fingerprint density at radius 1 is 1.09 bits per heavy atom. The standard InChI is InChI=1S/C30H27FN4O6S2/c1-43-24-13-9-19(10-14-24)28-27(30(37)40-16-3-2-15-34(38)39)25(33-35(28)22-6-4-5-21(31)17-22)18-26(36)41-23-11-7-20(8-12-23)29(32)42/h4-14,17H,2-3,15-16,18H2,1H3,(H2,32,42). The van der Waals surface area contributed by atoms with Crippen molar-refractivity contribution in [3.63, 3.8) is 0 Å². The number of halogens is 1. The van der Waals surface area contributed by atoms with Crippen molar-refractivity contribution in [2.75, 3.05) is 19.4 Å². The highest BCUT2D eigenvalue weighted by molar-refractivity contribution is 7.98. The lowest BCUT2D eigenvalue weighted by atomic mass is 10.0. The van der Waals surface area contributed by atoms with Gasteiger partial charge in [-0.05, 0) is 67.3 Å². The Hall–Kier alpha value is -4.62. The number of benzene rings is 3. The number of aromatic nitrogens is 2. The second-order valence-corrected chi connectivity index (χ2v) is 10.5. The Morgan fingerprint density at radius 2 is 1.81 bits per heavy atom. The summed E-state index contributed by atoms with van der Waals surface area (Å²) >= 11 is 6.49. The first kappa shape index (κ1) is 31.3. The van der Waals surface area contributed by atoms with Crippen molar-refractivity contribution < 1.29 is 28.4 Å². The SMILES string of the molecule is CSc1ccc(-c2c(C(=O)OCCCC[N+](=O)[O-])c(CC(=O)Oc3ccc(C(N)=S)cc3)nn2-c2cccc(F)c2)cc1. The van der Waals surface area contributed by atoms with Crippen LogP contribution in [0.25, 0.3) is 16.9 Å². The van der Waals surface area contributed by atoms with Gasteiger partial charge >= 0.3 is 11.9 Å². The van der Waals surface area contributed by atoms with Gasteiger partial charge in [-0.2, -0.15) is 5.10 Å². The Bertz CT molecular complexity index is 1640. The first-order chi connectivity index (χ1) is 20.7. The molecule has 4 rings (SSSR count). The number of nitrogens with zero attached hydrogens (tertiary/aromatic N) is 3. The predicted molar refractivity (Wildman–Crippen MR) is 164 cm³/mol. The molecule has 0 aliphatic rings. The number of hydrogen-bond donors (Lipinski definition) is 1. The summed E-state index contributed by atoms with van der Waals surface area (Å²) in [5.74, 6) is -1.78. The van der Waals surface area contributed by atoms with Gasteiger partial charge < -0.3 is 15.2 Å². The predicted octanol–water partition coefficient (Wildman–Crippen LogP) is 5.40. The third-order valence-electron chi connectivity index (χ3n) is 6.23. The fourth-order valence-electron chi connectivity index (χ4n) is 4.18.